The van der Waals surface area contributed by atoms with Gasteiger partial charge in [0.15, 0.2) is 6.23 Å². The maximum atomic E-state index is 10.3. The van der Waals surface area contributed by atoms with Crippen LogP contribution in [0, 0.1) is 0 Å². The fourth-order valence-corrected chi connectivity index (χ4v) is 0.499. The van der Waals surface area contributed by atoms with Crippen molar-refractivity contribution >= 4 is 11.9 Å². The molecule has 0 heterocycles. The van der Waals surface area contributed by atoms with E-state index in [2.05, 4.69) is 10.1 Å². The van der Waals surface area contributed by atoms with Crippen LogP contribution in [0.2, 0.25) is 0 Å². The minimum atomic E-state index is -0.753. The Morgan fingerprint density at radius 3 is 2.45 bits per heavy atom. The van der Waals surface area contributed by atoms with Crippen molar-refractivity contribution in [3.63, 3.8) is 0 Å². The second kappa shape index (κ2) is 4.68. The molecule has 0 aliphatic carbocycles. The molecular weight excluding hydrogens is 148 g/mol. The predicted octanol–water partition coefficient (Wildman–Crippen LogP) is -1.03. The first-order valence-electron chi connectivity index (χ1n) is 3.19. The average molecular weight is 160 g/mol. The Bertz CT molecular complexity index is 158. The van der Waals surface area contributed by atoms with Crippen LogP contribution in [0.5, 0.6) is 0 Å². The van der Waals surface area contributed by atoms with Crippen LogP contribution in [0.1, 0.15) is 13.8 Å². The van der Waals surface area contributed by atoms with Crippen LogP contribution in [0.3, 0.4) is 0 Å². The van der Waals surface area contributed by atoms with Crippen molar-refractivity contribution in [3.05, 3.63) is 0 Å². The number of hydrogen-bond donors (Lipinski definition) is 2. The highest BCUT2D eigenvalue weighted by atomic mass is 16.6. The standard InChI is InChI=1S/C6H12N2O3/c1-4(9)8-3-6(7)11-5(2)10/h6H,3,7H2,1-2H3,(H,8,9)/t6-/m1/s1. The Morgan fingerprint density at radius 2 is 2.09 bits per heavy atom. The summed E-state index contributed by atoms with van der Waals surface area (Å²) in [5, 5.41) is 2.41. The number of nitrogens with one attached hydrogen (secondary N) is 1. The van der Waals surface area contributed by atoms with Crippen molar-refractivity contribution in [1.29, 1.82) is 0 Å². The van der Waals surface area contributed by atoms with Gasteiger partial charge >= 0.3 is 5.97 Å². The Kier molecular flexibility index (Phi) is 4.21. The monoisotopic (exact) mass is 160 g/mol. The van der Waals surface area contributed by atoms with Crippen LogP contribution >= 0.6 is 0 Å². The van der Waals surface area contributed by atoms with Crippen molar-refractivity contribution in [3.8, 4) is 0 Å². The summed E-state index contributed by atoms with van der Waals surface area (Å²) < 4.78 is 4.52. The van der Waals surface area contributed by atoms with Gasteiger partial charge in [0, 0.05) is 13.8 Å². The molecule has 5 heteroatoms. The molecule has 0 aromatic heterocycles. The second-order valence-electron chi connectivity index (χ2n) is 2.08. The van der Waals surface area contributed by atoms with E-state index in [9.17, 15) is 9.59 Å². The zero-order chi connectivity index (χ0) is 8.85. The van der Waals surface area contributed by atoms with Crippen LogP contribution in [0.15, 0.2) is 0 Å². The van der Waals surface area contributed by atoms with Crippen molar-refractivity contribution in [2.24, 2.45) is 5.73 Å². The van der Waals surface area contributed by atoms with Gasteiger partial charge in [0.25, 0.3) is 0 Å². The zero-order valence-corrected chi connectivity index (χ0v) is 6.59. The highest BCUT2D eigenvalue weighted by Gasteiger charge is 2.04. The van der Waals surface area contributed by atoms with Crippen molar-refractivity contribution < 1.29 is 14.3 Å². The lowest BCUT2D eigenvalue weighted by atomic mass is 10.5. The molecule has 0 aliphatic heterocycles. The molecule has 0 radical (unpaired) electrons. The average Bonchev–Trinajstić information content (AvgIpc) is 1.82. The van der Waals surface area contributed by atoms with E-state index in [-0.39, 0.29) is 12.5 Å². The smallest absolute Gasteiger partial charge is 0.304 e. The largest absolute Gasteiger partial charge is 0.445 e. The van der Waals surface area contributed by atoms with Gasteiger partial charge in [-0.15, -0.1) is 0 Å². The molecule has 0 unspecified atom stereocenters. The number of ether oxygens (including phenoxy) is 1. The van der Waals surface area contributed by atoms with E-state index in [1.807, 2.05) is 0 Å². The molecule has 0 spiro atoms. The highest BCUT2D eigenvalue weighted by Crippen LogP contribution is 1.81. The van der Waals surface area contributed by atoms with E-state index in [4.69, 9.17) is 5.73 Å². The molecule has 0 saturated heterocycles. The van der Waals surface area contributed by atoms with Crippen LogP contribution < -0.4 is 11.1 Å². The first kappa shape index (κ1) is 9.90. The molecule has 64 valence electrons. The van der Waals surface area contributed by atoms with Crippen molar-refractivity contribution in [2.75, 3.05) is 6.54 Å². The van der Waals surface area contributed by atoms with Crippen LogP contribution in [0.4, 0.5) is 0 Å². The summed E-state index contributed by atoms with van der Waals surface area (Å²) >= 11 is 0. The second-order valence-corrected chi connectivity index (χ2v) is 2.08. The van der Waals surface area contributed by atoms with E-state index in [0.29, 0.717) is 0 Å². The molecule has 11 heavy (non-hydrogen) atoms. The molecule has 0 aromatic carbocycles. The topological polar surface area (TPSA) is 81.4 Å². The minimum absolute atomic E-state index is 0.148. The summed E-state index contributed by atoms with van der Waals surface area (Å²) in [4.78, 5) is 20.6. The van der Waals surface area contributed by atoms with E-state index in [0.717, 1.165) is 0 Å². The molecule has 5 nitrogen and oxygen atoms in total. The fraction of sp³-hybridized carbons (Fsp3) is 0.667. The van der Waals surface area contributed by atoms with Gasteiger partial charge in [-0.1, -0.05) is 0 Å². The molecule has 0 aromatic rings. The van der Waals surface area contributed by atoms with E-state index in [1.165, 1.54) is 13.8 Å². The first-order valence-corrected chi connectivity index (χ1v) is 3.19. The molecule has 0 rings (SSSR count). The quantitative estimate of drug-likeness (QED) is 0.408. The Labute approximate surface area is 64.9 Å². The molecule has 0 fully saturated rings. The molecule has 0 saturated carbocycles. The SMILES string of the molecule is CC(=O)NC[C@H](N)OC(C)=O. The maximum absolute atomic E-state index is 10.3. The Morgan fingerprint density at radius 1 is 1.55 bits per heavy atom. The van der Waals surface area contributed by atoms with E-state index >= 15 is 0 Å². The normalized spacial score (nSPS) is 11.9. The molecule has 1 amide bonds. The van der Waals surface area contributed by atoms with E-state index in [1.54, 1.807) is 0 Å². The Balaban J connectivity index is 3.44. The van der Waals surface area contributed by atoms with Crippen LogP contribution in [-0.4, -0.2) is 24.6 Å². The lowest BCUT2D eigenvalue weighted by Crippen LogP contribution is -2.39. The third-order valence-electron chi connectivity index (χ3n) is 0.870. The summed E-state index contributed by atoms with van der Waals surface area (Å²) in [6, 6.07) is 0. The summed E-state index contributed by atoms with van der Waals surface area (Å²) in [6.07, 6.45) is -0.753. The van der Waals surface area contributed by atoms with Gasteiger partial charge in [-0.25, -0.2) is 0 Å². The highest BCUT2D eigenvalue weighted by molar-refractivity contribution is 5.72. The number of esters is 1. The van der Waals surface area contributed by atoms with Gasteiger partial charge < -0.3 is 10.1 Å². The van der Waals surface area contributed by atoms with Gasteiger partial charge in [-0.05, 0) is 0 Å². The summed E-state index contributed by atoms with van der Waals surface area (Å²) in [5.74, 6) is -0.657. The predicted molar refractivity (Wildman–Crippen MR) is 38.4 cm³/mol. The van der Waals surface area contributed by atoms with Gasteiger partial charge in [0.05, 0.1) is 6.54 Å². The fourth-order valence-electron chi connectivity index (χ4n) is 0.499. The van der Waals surface area contributed by atoms with Crippen LogP contribution in [0.25, 0.3) is 0 Å². The number of hydrogen-bond acceptors (Lipinski definition) is 4. The maximum Gasteiger partial charge on any atom is 0.304 e. The van der Waals surface area contributed by atoms with Gasteiger partial charge in [0.2, 0.25) is 5.91 Å². The number of amides is 1. The zero-order valence-electron chi connectivity index (χ0n) is 6.59. The number of carbonyl (C=O) groups excluding carboxylic acids is 2. The lowest BCUT2D eigenvalue weighted by molar-refractivity contribution is -0.146. The number of carbonyl (C=O) groups is 2. The Hall–Kier alpha value is -1.10. The molecule has 0 bridgehead atoms. The number of nitrogens with two attached hydrogens (primary N) is 1. The first-order chi connectivity index (χ1) is 5.02. The van der Waals surface area contributed by atoms with Crippen molar-refractivity contribution in [1.82, 2.24) is 5.32 Å². The van der Waals surface area contributed by atoms with Gasteiger partial charge in [0.1, 0.15) is 0 Å². The lowest BCUT2D eigenvalue weighted by Gasteiger charge is -2.10. The van der Waals surface area contributed by atoms with E-state index < -0.39 is 12.2 Å². The number of rotatable bonds is 3. The molecule has 1 atom stereocenters. The van der Waals surface area contributed by atoms with Crippen molar-refractivity contribution in [2.45, 2.75) is 20.1 Å². The van der Waals surface area contributed by atoms with Crippen LogP contribution in [-0.2, 0) is 14.3 Å². The van der Waals surface area contributed by atoms with Gasteiger partial charge in [-0.2, -0.15) is 0 Å². The molecule has 0 aliphatic rings. The molecule has 3 N–H and O–H groups in total. The summed E-state index contributed by atoms with van der Waals surface area (Å²) in [5.41, 5.74) is 5.27. The third kappa shape index (κ3) is 6.79. The minimum Gasteiger partial charge on any atom is -0.445 e. The summed E-state index contributed by atoms with van der Waals surface area (Å²) in [6.45, 7) is 2.77. The van der Waals surface area contributed by atoms with Gasteiger partial charge in [-0.3, -0.25) is 15.3 Å². The molecular formula is C6H12N2O3. The summed E-state index contributed by atoms with van der Waals surface area (Å²) in [7, 11) is 0. The third-order valence-corrected chi connectivity index (χ3v) is 0.870.